The van der Waals surface area contributed by atoms with E-state index in [0.29, 0.717) is 30.4 Å². The molecule has 0 radical (unpaired) electrons. The van der Waals surface area contributed by atoms with Crippen molar-refractivity contribution in [3.8, 4) is 11.5 Å². The Morgan fingerprint density at radius 3 is 2.60 bits per heavy atom. The van der Waals surface area contributed by atoms with Crippen molar-refractivity contribution in [1.82, 2.24) is 0 Å². The quantitative estimate of drug-likeness (QED) is 0.670. The van der Waals surface area contributed by atoms with E-state index in [1.165, 1.54) is 6.08 Å². The van der Waals surface area contributed by atoms with E-state index in [4.69, 9.17) is 14.2 Å². The zero-order valence-electron chi connectivity index (χ0n) is 13.4. The second-order valence-electron chi connectivity index (χ2n) is 5.26. The highest BCUT2D eigenvalue weighted by Gasteiger charge is 2.11. The van der Waals surface area contributed by atoms with Crippen molar-refractivity contribution >= 4 is 23.6 Å². The van der Waals surface area contributed by atoms with Gasteiger partial charge in [0.2, 0.25) is 0 Å². The summed E-state index contributed by atoms with van der Waals surface area (Å²) in [5, 5.41) is 2.63. The van der Waals surface area contributed by atoms with Crippen LogP contribution in [0.3, 0.4) is 0 Å². The maximum absolute atomic E-state index is 11.7. The molecule has 0 saturated heterocycles. The molecule has 128 valence electrons. The Bertz CT molecular complexity index is 786. The van der Waals surface area contributed by atoms with Gasteiger partial charge < -0.3 is 19.5 Å². The van der Waals surface area contributed by atoms with Gasteiger partial charge in [-0.15, -0.1) is 0 Å². The number of carbonyl (C=O) groups excluding carboxylic acids is 2. The van der Waals surface area contributed by atoms with Crippen LogP contribution in [0.15, 0.2) is 54.6 Å². The first-order chi connectivity index (χ1) is 12.2. The number of esters is 1. The number of amides is 1. The maximum Gasteiger partial charge on any atom is 0.331 e. The van der Waals surface area contributed by atoms with E-state index >= 15 is 0 Å². The van der Waals surface area contributed by atoms with Gasteiger partial charge in [0.05, 0.1) is 0 Å². The highest BCUT2D eigenvalue weighted by Crippen LogP contribution is 2.31. The van der Waals surface area contributed by atoms with E-state index in [1.54, 1.807) is 48.5 Å². The lowest BCUT2D eigenvalue weighted by Crippen LogP contribution is -2.20. The van der Waals surface area contributed by atoms with Gasteiger partial charge in [-0.1, -0.05) is 24.3 Å². The average molecular weight is 339 g/mol. The summed E-state index contributed by atoms with van der Waals surface area (Å²) in [7, 11) is 0. The van der Waals surface area contributed by atoms with Crippen LogP contribution in [0.1, 0.15) is 5.56 Å². The zero-order valence-corrected chi connectivity index (χ0v) is 13.4. The number of ether oxygens (including phenoxy) is 3. The van der Waals surface area contributed by atoms with Gasteiger partial charge in [0.1, 0.15) is 13.2 Å². The molecule has 1 heterocycles. The van der Waals surface area contributed by atoms with Crippen LogP contribution in [0.2, 0.25) is 0 Å². The summed E-state index contributed by atoms with van der Waals surface area (Å²) in [6.45, 7) is 0.678. The minimum atomic E-state index is -0.599. The van der Waals surface area contributed by atoms with Crippen molar-refractivity contribution in [2.45, 2.75) is 0 Å². The smallest absolute Gasteiger partial charge is 0.331 e. The van der Waals surface area contributed by atoms with Crippen LogP contribution in [0, 0.1) is 0 Å². The predicted molar refractivity (Wildman–Crippen MR) is 92.5 cm³/mol. The summed E-state index contributed by atoms with van der Waals surface area (Å²) in [4.78, 5) is 23.4. The van der Waals surface area contributed by atoms with Crippen LogP contribution in [-0.4, -0.2) is 31.7 Å². The molecule has 0 unspecified atom stereocenters. The second-order valence-corrected chi connectivity index (χ2v) is 5.26. The van der Waals surface area contributed by atoms with Gasteiger partial charge in [-0.05, 0) is 35.9 Å². The van der Waals surface area contributed by atoms with E-state index in [2.05, 4.69) is 5.32 Å². The monoisotopic (exact) mass is 339 g/mol. The van der Waals surface area contributed by atoms with Gasteiger partial charge in [-0.2, -0.15) is 0 Å². The lowest BCUT2D eigenvalue weighted by atomic mass is 10.2. The number of nitrogens with one attached hydrogen (secondary N) is 1. The molecular formula is C19H17NO5. The Balaban J connectivity index is 1.49. The highest BCUT2D eigenvalue weighted by atomic mass is 16.6. The molecule has 0 aliphatic carbocycles. The topological polar surface area (TPSA) is 73.9 Å². The van der Waals surface area contributed by atoms with Gasteiger partial charge in [0.25, 0.3) is 5.91 Å². The summed E-state index contributed by atoms with van der Waals surface area (Å²) in [6.07, 6.45) is 2.86. The number of fused-ring (bicyclic) bond motifs is 1. The first kappa shape index (κ1) is 16.6. The van der Waals surface area contributed by atoms with Crippen molar-refractivity contribution in [3.63, 3.8) is 0 Å². The Kier molecular flexibility index (Phi) is 5.31. The fraction of sp³-hybridized carbons (Fsp3) is 0.158. The molecule has 0 atom stereocenters. The minimum absolute atomic E-state index is 0.348. The molecule has 0 bridgehead atoms. The normalized spacial score (nSPS) is 12.6. The third kappa shape index (κ3) is 4.84. The molecule has 1 N–H and O–H groups in total. The van der Waals surface area contributed by atoms with E-state index in [0.717, 1.165) is 5.56 Å². The fourth-order valence-corrected chi connectivity index (χ4v) is 2.23. The van der Waals surface area contributed by atoms with E-state index < -0.39 is 11.9 Å². The summed E-state index contributed by atoms with van der Waals surface area (Å²) < 4.78 is 15.8. The Morgan fingerprint density at radius 2 is 1.80 bits per heavy atom. The largest absolute Gasteiger partial charge is 0.486 e. The molecule has 1 aliphatic heterocycles. The average Bonchev–Trinajstić information content (AvgIpc) is 2.65. The van der Waals surface area contributed by atoms with Gasteiger partial charge in [0.15, 0.2) is 18.1 Å². The number of benzene rings is 2. The fourth-order valence-electron chi connectivity index (χ4n) is 2.23. The third-order valence-corrected chi connectivity index (χ3v) is 3.38. The van der Waals surface area contributed by atoms with Crippen molar-refractivity contribution in [1.29, 1.82) is 0 Å². The maximum atomic E-state index is 11.7. The van der Waals surface area contributed by atoms with E-state index in [9.17, 15) is 9.59 Å². The van der Waals surface area contributed by atoms with Crippen LogP contribution >= 0.6 is 0 Å². The standard InChI is InChI=1S/C19H17NO5/c21-18(20-15-4-2-1-3-5-15)13-25-19(22)9-7-14-6-8-16-17(12-14)24-11-10-23-16/h1-9,12H,10-11,13H2,(H,20,21). The van der Waals surface area contributed by atoms with Gasteiger partial charge in [-0.3, -0.25) is 4.79 Å². The van der Waals surface area contributed by atoms with Crippen LogP contribution in [0.4, 0.5) is 5.69 Å². The van der Waals surface area contributed by atoms with E-state index in [1.807, 2.05) is 6.07 Å². The molecule has 1 aliphatic rings. The lowest BCUT2D eigenvalue weighted by molar-refractivity contribution is -0.142. The van der Waals surface area contributed by atoms with Crippen LogP contribution in [-0.2, 0) is 14.3 Å². The Hall–Kier alpha value is -3.28. The number of anilines is 1. The third-order valence-electron chi connectivity index (χ3n) is 3.38. The summed E-state index contributed by atoms with van der Waals surface area (Å²) in [5.41, 5.74) is 1.42. The Morgan fingerprint density at radius 1 is 1.04 bits per heavy atom. The molecule has 6 nitrogen and oxygen atoms in total. The molecule has 2 aromatic carbocycles. The first-order valence-corrected chi connectivity index (χ1v) is 7.80. The molecule has 2 aromatic rings. The minimum Gasteiger partial charge on any atom is -0.486 e. The van der Waals surface area contributed by atoms with Gasteiger partial charge in [-0.25, -0.2) is 4.79 Å². The summed E-state index contributed by atoms with van der Waals surface area (Å²) in [6, 6.07) is 14.3. The number of para-hydroxylation sites is 1. The molecule has 0 saturated carbocycles. The summed E-state index contributed by atoms with van der Waals surface area (Å²) in [5.74, 6) is 0.331. The zero-order chi connectivity index (χ0) is 17.5. The molecule has 1 amide bonds. The molecule has 25 heavy (non-hydrogen) atoms. The van der Waals surface area contributed by atoms with Crippen LogP contribution in [0.5, 0.6) is 11.5 Å². The second kappa shape index (κ2) is 8.01. The number of carbonyl (C=O) groups is 2. The molecule has 0 aromatic heterocycles. The predicted octanol–water partition coefficient (Wildman–Crippen LogP) is 2.65. The molecule has 0 fully saturated rings. The number of rotatable bonds is 5. The number of hydrogen-bond acceptors (Lipinski definition) is 5. The van der Waals surface area contributed by atoms with Crippen molar-refractivity contribution in [3.05, 3.63) is 60.2 Å². The van der Waals surface area contributed by atoms with Crippen LogP contribution in [0.25, 0.3) is 6.08 Å². The van der Waals surface area contributed by atoms with Crippen molar-refractivity contribution in [2.75, 3.05) is 25.1 Å². The van der Waals surface area contributed by atoms with Crippen molar-refractivity contribution < 1.29 is 23.8 Å². The SMILES string of the molecule is O=C(COC(=O)C=Cc1ccc2c(c1)OCCO2)Nc1ccccc1. The lowest BCUT2D eigenvalue weighted by Gasteiger charge is -2.18. The van der Waals surface area contributed by atoms with Gasteiger partial charge >= 0.3 is 5.97 Å². The number of hydrogen-bond donors (Lipinski definition) is 1. The van der Waals surface area contributed by atoms with Gasteiger partial charge in [0, 0.05) is 11.8 Å². The summed E-state index contributed by atoms with van der Waals surface area (Å²) >= 11 is 0. The highest BCUT2D eigenvalue weighted by molar-refractivity contribution is 5.94. The Labute approximate surface area is 145 Å². The molecular weight excluding hydrogens is 322 g/mol. The molecule has 3 rings (SSSR count). The van der Waals surface area contributed by atoms with Crippen molar-refractivity contribution in [2.24, 2.45) is 0 Å². The van der Waals surface area contributed by atoms with E-state index in [-0.39, 0.29) is 6.61 Å². The molecule has 0 spiro atoms. The molecule has 6 heteroatoms. The first-order valence-electron chi connectivity index (χ1n) is 7.80. The van der Waals surface area contributed by atoms with Crippen LogP contribution < -0.4 is 14.8 Å².